The number of aryl methyl sites for hydroxylation is 1. The lowest BCUT2D eigenvalue weighted by molar-refractivity contribution is -0.385. The van der Waals surface area contributed by atoms with Crippen molar-refractivity contribution in [1.29, 1.82) is 0 Å². The smallest absolute Gasteiger partial charge is 0.283 e. The van der Waals surface area contributed by atoms with Crippen molar-refractivity contribution in [3.05, 3.63) is 73.7 Å². The molecule has 0 bridgehead atoms. The summed E-state index contributed by atoms with van der Waals surface area (Å²) >= 11 is 3.18. The van der Waals surface area contributed by atoms with Crippen LogP contribution in [0.2, 0.25) is 0 Å². The van der Waals surface area contributed by atoms with Crippen molar-refractivity contribution in [2.24, 2.45) is 0 Å². The Bertz CT molecular complexity index is 612. The van der Waals surface area contributed by atoms with Gasteiger partial charge in [-0.2, -0.15) is 0 Å². The summed E-state index contributed by atoms with van der Waals surface area (Å²) < 4.78 is 0.504. The molecule has 5 heteroatoms. The van der Waals surface area contributed by atoms with E-state index in [1.165, 1.54) is 11.1 Å². The second-order valence-corrected chi connectivity index (χ2v) is 5.49. The van der Waals surface area contributed by atoms with Gasteiger partial charge in [-0.3, -0.25) is 10.1 Å². The monoisotopic (exact) mass is 334 g/mol. The van der Waals surface area contributed by atoms with Gasteiger partial charge in [0.15, 0.2) is 0 Å². The van der Waals surface area contributed by atoms with E-state index >= 15 is 0 Å². The first-order valence-corrected chi connectivity index (χ1v) is 7.04. The van der Waals surface area contributed by atoms with Crippen molar-refractivity contribution in [3.63, 3.8) is 0 Å². The van der Waals surface area contributed by atoms with Crippen LogP contribution in [0.4, 0.5) is 5.69 Å². The van der Waals surface area contributed by atoms with Gasteiger partial charge in [0.2, 0.25) is 0 Å². The summed E-state index contributed by atoms with van der Waals surface area (Å²) in [5, 5.41) is 14.1. The van der Waals surface area contributed by atoms with Crippen molar-refractivity contribution < 1.29 is 4.92 Å². The van der Waals surface area contributed by atoms with E-state index in [9.17, 15) is 10.1 Å². The highest BCUT2D eigenvalue weighted by atomic mass is 79.9. The molecule has 0 aliphatic carbocycles. The molecule has 0 aliphatic rings. The van der Waals surface area contributed by atoms with E-state index in [1.54, 1.807) is 12.1 Å². The van der Waals surface area contributed by atoms with Crippen LogP contribution >= 0.6 is 15.9 Å². The van der Waals surface area contributed by atoms with Gasteiger partial charge >= 0.3 is 0 Å². The zero-order valence-electron chi connectivity index (χ0n) is 11.1. The van der Waals surface area contributed by atoms with Gasteiger partial charge in [-0.05, 0) is 40.0 Å². The first kappa shape index (κ1) is 14.7. The Morgan fingerprint density at radius 3 is 2.35 bits per heavy atom. The Labute approximate surface area is 126 Å². The molecule has 0 unspecified atom stereocenters. The van der Waals surface area contributed by atoms with E-state index < -0.39 is 0 Å². The molecular weight excluding hydrogens is 320 g/mol. The van der Waals surface area contributed by atoms with Crippen molar-refractivity contribution in [2.75, 3.05) is 0 Å². The van der Waals surface area contributed by atoms with Gasteiger partial charge in [0.05, 0.1) is 9.40 Å². The maximum atomic E-state index is 10.9. The van der Waals surface area contributed by atoms with Gasteiger partial charge in [0.25, 0.3) is 5.69 Å². The molecule has 4 nitrogen and oxygen atoms in total. The number of benzene rings is 2. The number of halogens is 1. The second-order valence-electron chi connectivity index (χ2n) is 4.63. The van der Waals surface area contributed by atoms with Gasteiger partial charge in [-0.1, -0.05) is 35.9 Å². The fourth-order valence-electron chi connectivity index (χ4n) is 1.87. The Morgan fingerprint density at radius 2 is 1.70 bits per heavy atom. The van der Waals surface area contributed by atoms with Crippen molar-refractivity contribution in [1.82, 2.24) is 5.32 Å². The normalized spacial score (nSPS) is 10.5. The Morgan fingerprint density at radius 1 is 1.10 bits per heavy atom. The minimum Gasteiger partial charge on any atom is -0.309 e. The van der Waals surface area contributed by atoms with Gasteiger partial charge in [0.1, 0.15) is 0 Å². The van der Waals surface area contributed by atoms with Crippen molar-refractivity contribution in [2.45, 2.75) is 20.0 Å². The fraction of sp³-hybridized carbons (Fsp3) is 0.200. The van der Waals surface area contributed by atoms with Crippen LogP contribution in [-0.4, -0.2) is 4.92 Å². The molecule has 0 atom stereocenters. The molecule has 2 aromatic rings. The number of hydrogen-bond acceptors (Lipinski definition) is 3. The molecule has 0 saturated heterocycles. The van der Waals surface area contributed by atoms with Crippen LogP contribution in [-0.2, 0) is 13.1 Å². The van der Waals surface area contributed by atoms with E-state index in [2.05, 4.69) is 52.4 Å². The highest BCUT2D eigenvalue weighted by Crippen LogP contribution is 2.25. The minimum atomic E-state index is -0.381. The quantitative estimate of drug-likeness (QED) is 0.665. The number of nitro groups is 1. The Balaban J connectivity index is 1.96. The molecule has 0 spiro atoms. The summed E-state index contributed by atoms with van der Waals surface area (Å²) in [5.74, 6) is 0. The molecule has 0 saturated carbocycles. The third-order valence-corrected chi connectivity index (χ3v) is 3.66. The predicted octanol–water partition coefficient (Wildman–Crippen LogP) is 3.96. The SMILES string of the molecule is Cc1ccc(CNCc2ccc(Br)c([N+](=O)[O-])c2)cc1. The van der Waals surface area contributed by atoms with E-state index in [0.29, 0.717) is 11.0 Å². The molecule has 20 heavy (non-hydrogen) atoms. The molecule has 0 aromatic heterocycles. The van der Waals surface area contributed by atoms with Crippen LogP contribution in [0.25, 0.3) is 0 Å². The molecule has 0 radical (unpaired) electrons. The topological polar surface area (TPSA) is 55.2 Å². The average molecular weight is 335 g/mol. The van der Waals surface area contributed by atoms with E-state index in [-0.39, 0.29) is 10.6 Å². The number of rotatable bonds is 5. The number of nitrogens with zero attached hydrogens (tertiary/aromatic N) is 1. The van der Waals surface area contributed by atoms with Crippen LogP contribution in [0.5, 0.6) is 0 Å². The van der Waals surface area contributed by atoms with Gasteiger partial charge in [-0.15, -0.1) is 0 Å². The second kappa shape index (κ2) is 6.63. The van der Waals surface area contributed by atoms with Gasteiger partial charge in [-0.25, -0.2) is 0 Å². The number of nitrogens with one attached hydrogen (secondary N) is 1. The third-order valence-electron chi connectivity index (χ3n) is 2.99. The standard InChI is InChI=1S/C15H15BrN2O2/c1-11-2-4-12(5-3-11)9-17-10-13-6-7-14(16)15(8-13)18(19)20/h2-8,17H,9-10H2,1H3. The first-order chi connectivity index (χ1) is 9.56. The van der Waals surface area contributed by atoms with Crippen LogP contribution in [0.1, 0.15) is 16.7 Å². The largest absolute Gasteiger partial charge is 0.309 e. The minimum absolute atomic E-state index is 0.0969. The summed E-state index contributed by atoms with van der Waals surface area (Å²) in [5.41, 5.74) is 3.42. The predicted molar refractivity (Wildman–Crippen MR) is 82.5 cm³/mol. The lowest BCUT2D eigenvalue weighted by atomic mass is 10.1. The number of nitro benzene ring substituents is 1. The van der Waals surface area contributed by atoms with Crippen LogP contribution in [0.15, 0.2) is 46.9 Å². The van der Waals surface area contributed by atoms with Crippen LogP contribution in [0, 0.1) is 17.0 Å². The molecule has 0 amide bonds. The molecule has 0 aliphatic heterocycles. The van der Waals surface area contributed by atoms with Gasteiger partial charge < -0.3 is 5.32 Å². The summed E-state index contributed by atoms with van der Waals surface area (Å²) in [7, 11) is 0. The van der Waals surface area contributed by atoms with E-state index in [0.717, 1.165) is 12.1 Å². The Kier molecular flexibility index (Phi) is 4.87. The summed E-state index contributed by atoms with van der Waals surface area (Å²) in [6.45, 7) is 3.39. The first-order valence-electron chi connectivity index (χ1n) is 6.25. The lowest BCUT2D eigenvalue weighted by Crippen LogP contribution is -2.12. The molecular formula is C15H15BrN2O2. The van der Waals surface area contributed by atoms with Gasteiger partial charge in [0, 0.05) is 19.2 Å². The van der Waals surface area contributed by atoms with Crippen molar-refractivity contribution in [3.8, 4) is 0 Å². The average Bonchev–Trinajstić information content (AvgIpc) is 2.42. The van der Waals surface area contributed by atoms with Crippen LogP contribution in [0.3, 0.4) is 0 Å². The third kappa shape index (κ3) is 3.88. The van der Waals surface area contributed by atoms with E-state index in [4.69, 9.17) is 0 Å². The summed E-state index contributed by atoms with van der Waals surface area (Å²) in [6.07, 6.45) is 0. The van der Waals surface area contributed by atoms with Crippen LogP contribution < -0.4 is 5.32 Å². The zero-order valence-corrected chi connectivity index (χ0v) is 12.7. The highest BCUT2D eigenvalue weighted by Gasteiger charge is 2.11. The molecule has 104 valence electrons. The molecule has 2 rings (SSSR count). The Hall–Kier alpha value is -1.72. The maximum Gasteiger partial charge on any atom is 0.283 e. The number of hydrogen-bond donors (Lipinski definition) is 1. The summed E-state index contributed by atoms with van der Waals surface area (Å²) in [4.78, 5) is 10.5. The zero-order chi connectivity index (χ0) is 14.5. The molecule has 1 N–H and O–H groups in total. The molecule has 2 aromatic carbocycles. The molecule has 0 fully saturated rings. The lowest BCUT2D eigenvalue weighted by Gasteiger charge is -2.06. The fourth-order valence-corrected chi connectivity index (χ4v) is 2.26. The van der Waals surface area contributed by atoms with Crippen molar-refractivity contribution >= 4 is 21.6 Å². The highest BCUT2D eigenvalue weighted by molar-refractivity contribution is 9.10. The maximum absolute atomic E-state index is 10.9. The molecule has 0 heterocycles. The van der Waals surface area contributed by atoms with E-state index in [1.807, 2.05) is 6.07 Å². The summed E-state index contributed by atoms with van der Waals surface area (Å²) in [6, 6.07) is 13.5.